The van der Waals surface area contributed by atoms with Gasteiger partial charge in [0.25, 0.3) is 0 Å². The Balaban J connectivity index is 2.26. The number of sulfonamides is 1. The molecule has 0 radical (unpaired) electrons. The summed E-state index contributed by atoms with van der Waals surface area (Å²) in [5, 5.41) is 10.7. The predicted molar refractivity (Wildman–Crippen MR) is 77.8 cm³/mol. The van der Waals surface area contributed by atoms with Gasteiger partial charge < -0.3 is 5.11 Å². The lowest BCUT2D eigenvalue weighted by atomic mass is 10.1. The molecule has 1 fully saturated rings. The topological polar surface area (TPSA) is 83.5 Å². The Labute approximate surface area is 123 Å². The van der Waals surface area contributed by atoms with Crippen LogP contribution in [0.4, 0.5) is 0 Å². The summed E-state index contributed by atoms with van der Waals surface area (Å²) in [5.41, 5.74) is 0.494. The van der Waals surface area contributed by atoms with Gasteiger partial charge in [-0.25, -0.2) is 17.9 Å². The zero-order chi connectivity index (χ0) is 14.8. The molecular formula is C13H19NO4S2. The molecule has 1 saturated carbocycles. The fraction of sp³-hybridized carbons (Fsp3) is 0.615. The average Bonchev–Trinajstić information content (AvgIpc) is 2.58. The summed E-state index contributed by atoms with van der Waals surface area (Å²) in [6, 6.07) is -0.0801. The van der Waals surface area contributed by atoms with Crippen molar-refractivity contribution in [3.63, 3.8) is 0 Å². The molecular weight excluding hydrogens is 298 g/mol. The van der Waals surface area contributed by atoms with Crippen LogP contribution >= 0.6 is 11.3 Å². The predicted octanol–water partition coefficient (Wildman–Crippen LogP) is 2.76. The molecule has 0 aromatic carbocycles. The van der Waals surface area contributed by atoms with E-state index in [0.717, 1.165) is 49.9 Å². The second-order valence-electron chi connectivity index (χ2n) is 5.19. The van der Waals surface area contributed by atoms with Crippen LogP contribution in [-0.2, 0) is 10.0 Å². The van der Waals surface area contributed by atoms with Crippen molar-refractivity contribution in [1.29, 1.82) is 0 Å². The first-order chi connectivity index (χ1) is 9.42. The fourth-order valence-corrected chi connectivity index (χ4v) is 5.53. The third-order valence-electron chi connectivity index (χ3n) is 3.56. The average molecular weight is 317 g/mol. The van der Waals surface area contributed by atoms with Crippen LogP contribution in [0.2, 0.25) is 0 Å². The fourth-order valence-electron chi connectivity index (χ4n) is 2.59. The van der Waals surface area contributed by atoms with Gasteiger partial charge >= 0.3 is 5.97 Å². The van der Waals surface area contributed by atoms with Crippen LogP contribution in [-0.4, -0.2) is 25.5 Å². The van der Waals surface area contributed by atoms with Crippen molar-refractivity contribution in [3.8, 4) is 0 Å². The number of rotatable bonds is 4. The van der Waals surface area contributed by atoms with Crippen LogP contribution in [0.1, 0.15) is 53.8 Å². The lowest BCUT2D eigenvalue weighted by Gasteiger charge is -2.16. The number of carbonyl (C=O) groups is 1. The summed E-state index contributed by atoms with van der Waals surface area (Å²) in [5.74, 6) is -1.19. The molecule has 5 nitrogen and oxygen atoms in total. The van der Waals surface area contributed by atoms with E-state index in [1.54, 1.807) is 12.3 Å². The molecule has 0 atom stereocenters. The first-order valence-electron chi connectivity index (χ1n) is 6.75. The van der Waals surface area contributed by atoms with Crippen molar-refractivity contribution in [3.05, 3.63) is 15.8 Å². The highest BCUT2D eigenvalue weighted by atomic mass is 32.2. The van der Waals surface area contributed by atoms with Gasteiger partial charge in [-0.1, -0.05) is 25.7 Å². The Morgan fingerprint density at radius 1 is 1.30 bits per heavy atom. The smallest absolute Gasteiger partial charge is 0.347 e. The standard InChI is InChI=1S/C13H19NO4S2/c1-9-8-19-11(13(15)16)12(9)20(17,18)14-10-6-4-2-3-5-7-10/h8,10,14H,2-7H2,1H3,(H,15,16). The van der Waals surface area contributed by atoms with Crippen LogP contribution in [0.3, 0.4) is 0 Å². The molecule has 0 saturated heterocycles. The van der Waals surface area contributed by atoms with Gasteiger partial charge in [-0.05, 0) is 30.7 Å². The van der Waals surface area contributed by atoms with Crippen LogP contribution in [0.15, 0.2) is 10.3 Å². The van der Waals surface area contributed by atoms with Gasteiger partial charge in [0.05, 0.1) is 0 Å². The molecule has 2 N–H and O–H groups in total. The van der Waals surface area contributed by atoms with Gasteiger partial charge in [-0.15, -0.1) is 11.3 Å². The number of carboxylic acids is 1. The van der Waals surface area contributed by atoms with Crippen LogP contribution in [0.25, 0.3) is 0 Å². The maximum Gasteiger partial charge on any atom is 0.347 e. The number of aromatic carboxylic acids is 1. The normalized spacial score (nSPS) is 17.9. The van der Waals surface area contributed by atoms with Crippen molar-refractivity contribution in [2.75, 3.05) is 0 Å². The van der Waals surface area contributed by atoms with E-state index in [4.69, 9.17) is 5.11 Å². The lowest BCUT2D eigenvalue weighted by molar-refractivity contribution is 0.0698. The Hall–Kier alpha value is -0.920. The number of nitrogens with one attached hydrogen (secondary N) is 1. The molecule has 20 heavy (non-hydrogen) atoms. The Morgan fingerprint density at radius 3 is 2.45 bits per heavy atom. The largest absolute Gasteiger partial charge is 0.477 e. The van der Waals surface area contributed by atoms with Crippen molar-refractivity contribution < 1.29 is 18.3 Å². The summed E-state index contributed by atoms with van der Waals surface area (Å²) >= 11 is 0.959. The summed E-state index contributed by atoms with van der Waals surface area (Å²) < 4.78 is 27.6. The maximum atomic E-state index is 12.5. The summed E-state index contributed by atoms with van der Waals surface area (Å²) in [7, 11) is -3.76. The second-order valence-corrected chi connectivity index (χ2v) is 7.72. The van der Waals surface area contributed by atoms with E-state index in [0.29, 0.717) is 5.56 Å². The number of hydrogen-bond donors (Lipinski definition) is 2. The Kier molecular flexibility index (Phi) is 4.82. The van der Waals surface area contributed by atoms with E-state index in [-0.39, 0.29) is 15.8 Å². The highest BCUT2D eigenvalue weighted by Crippen LogP contribution is 2.28. The van der Waals surface area contributed by atoms with E-state index in [1.165, 1.54) is 0 Å². The van der Waals surface area contributed by atoms with Crippen molar-refractivity contribution in [1.82, 2.24) is 4.72 Å². The number of thiophene rings is 1. The highest BCUT2D eigenvalue weighted by Gasteiger charge is 2.29. The summed E-state index contributed by atoms with van der Waals surface area (Å²) in [4.78, 5) is 11.0. The van der Waals surface area contributed by atoms with E-state index >= 15 is 0 Å². The van der Waals surface area contributed by atoms with Crippen LogP contribution < -0.4 is 4.72 Å². The van der Waals surface area contributed by atoms with E-state index < -0.39 is 16.0 Å². The molecule has 7 heteroatoms. The van der Waals surface area contributed by atoms with E-state index in [2.05, 4.69) is 4.72 Å². The molecule has 1 heterocycles. The first-order valence-corrected chi connectivity index (χ1v) is 9.12. The lowest BCUT2D eigenvalue weighted by Crippen LogP contribution is -2.35. The minimum absolute atomic E-state index is 0.0701. The number of hydrogen-bond acceptors (Lipinski definition) is 4. The zero-order valence-electron chi connectivity index (χ0n) is 11.4. The third-order valence-corrected chi connectivity index (χ3v) is 6.48. The van der Waals surface area contributed by atoms with E-state index in [9.17, 15) is 13.2 Å². The molecule has 1 aromatic heterocycles. The SMILES string of the molecule is Cc1csc(C(=O)O)c1S(=O)(=O)NC1CCCCCC1. The maximum absolute atomic E-state index is 12.5. The minimum atomic E-state index is -3.76. The van der Waals surface area contributed by atoms with Gasteiger partial charge in [-0.3, -0.25) is 0 Å². The molecule has 0 aliphatic heterocycles. The number of aryl methyl sites for hydroxylation is 1. The number of carboxylic acid groups (broad SMARTS) is 1. The molecule has 0 unspecified atom stereocenters. The quantitative estimate of drug-likeness (QED) is 0.836. The molecule has 0 amide bonds. The second kappa shape index (κ2) is 6.24. The molecule has 0 spiro atoms. The van der Waals surface area contributed by atoms with Gasteiger partial charge in [0.2, 0.25) is 10.0 Å². The zero-order valence-corrected chi connectivity index (χ0v) is 13.0. The molecule has 2 rings (SSSR count). The molecule has 1 aliphatic carbocycles. The Bertz CT molecular complexity index is 584. The minimum Gasteiger partial charge on any atom is -0.477 e. The van der Waals surface area contributed by atoms with Crippen LogP contribution in [0.5, 0.6) is 0 Å². The van der Waals surface area contributed by atoms with Gasteiger partial charge in [0.1, 0.15) is 9.77 Å². The van der Waals surface area contributed by atoms with Crippen molar-refractivity contribution in [2.24, 2.45) is 0 Å². The molecule has 1 aliphatic rings. The van der Waals surface area contributed by atoms with Crippen molar-refractivity contribution in [2.45, 2.75) is 56.4 Å². The molecule has 0 bridgehead atoms. The molecule has 1 aromatic rings. The summed E-state index contributed by atoms with van der Waals surface area (Å²) in [6.45, 7) is 1.63. The third kappa shape index (κ3) is 3.39. The van der Waals surface area contributed by atoms with Gasteiger partial charge in [0.15, 0.2) is 0 Å². The first kappa shape index (κ1) is 15.5. The Morgan fingerprint density at radius 2 is 1.90 bits per heavy atom. The van der Waals surface area contributed by atoms with E-state index in [1.807, 2.05) is 0 Å². The van der Waals surface area contributed by atoms with Crippen molar-refractivity contribution >= 4 is 27.3 Å². The molecule has 112 valence electrons. The van der Waals surface area contributed by atoms with Crippen LogP contribution in [0, 0.1) is 6.92 Å². The van der Waals surface area contributed by atoms with Gasteiger partial charge in [-0.2, -0.15) is 0 Å². The highest BCUT2D eigenvalue weighted by molar-refractivity contribution is 7.89. The van der Waals surface area contributed by atoms with Gasteiger partial charge in [0, 0.05) is 6.04 Å². The monoisotopic (exact) mass is 317 g/mol. The summed E-state index contributed by atoms with van der Waals surface area (Å²) in [6.07, 6.45) is 5.95.